The number of aromatic nitrogens is 2. The third-order valence-corrected chi connectivity index (χ3v) is 5.13. The lowest BCUT2D eigenvalue weighted by Gasteiger charge is -2.24. The van der Waals surface area contributed by atoms with Gasteiger partial charge >= 0.3 is 0 Å². The molecule has 2 heterocycles. The quantitative estimate of drug-likeness (QED) is 0.813. The van der Waals surface area contributed by atoms with Crippen molar-refractivity contribution in [3.05, 3.63) is 12.0 Å². The molecule has 0 aromatic carbocycles. The van der Waals surface area contributed by atoms with E-state index < -0.39 is 10.0 Å². The van der Waals surface area contributed by atoms with Crippen molar-refractivity contribution in [1.29, 1.82) is 0 Å². The van der Waals surface area contributed by atoms with Gasteiger partial charge in [0, 0.05) is 19.1 Å². The number of sulfonamides is 1. The van der Waals surface area contributed by atoms with Crippen LogP contribution in [-0.4, -0.2) is 48.4 Å². The Morgan fingerprint density at radius 1 is 1.53 bits per heavy atom. The average molecular weight is 286 g/mol. The van der Waals surface area contributed by atoms with E-state index in [1.54, 1.807) is 11.2 Å². The molecule has 1 aliphatic rings. The Morgan fingerprint density at radius 2 is 2.32 bits per heavy atom. The van der Waals surface area contributed by atoms with Crippen molar-refractivity contribution in [1.82, 2.24) is 19.6 Å². The molecule has 1 atom stereocenters. The molecular weight excluding hydrogens is 264 g/mol. The highest BCUT2D eigenvalue weighted by molar-refractivity contribution is 7.89. The van der Waals surface area contributed by atoms with Crippen LogP contribution in [-0.2, 0) is 10.0 Å². The van der Waals surface area contributed by atoms with Crippen LogP contribution in [0.5, 0.6) is 0 Å². The van der Waals surface area contributed by atoms with E-state index in [9.17, 15) is 8.42 Å². The summed E-state index contributed by atoms with van der Waals surface area (Å²) in [6.45, 7) is 5.80. The van der Waals surface area contributed by atoms with Crippen molar-refractivity contribution < 1.29 is 8.42 Å². The first-order valence-electron chi connectivity index (χ1n) is 6.79. The standard InChI is InChI=1S/C12H22N4O2S/c1-3-7-16(9-11-5-4-6-13-11)19(17,18)12-8-14-10(2)15-12/h8,11,13H,3-7,9H2,1-2H3,(H,14,15). The van der Waals surface area contributed by atoms with Crippen molar-refractivity contribution in [2.45, 2.75) is 44.2 Å². The Hall–Kier alpha value is -0.920. The largest absolute Gasteiger partial charge is 0.332 e. The summed E-state index contributed by atoms with van der Waals surface area (Å²) in [4.78, 5) is 6.80. The summed E-state index contributed by atoms with van der Waals surface area (Å²) in [6, 6.07) is 0.269. The lowest BCUT2D eigenvalue weighted by molar-refractivity contribution is 0.368. The molecule has 6 nitrogen and oxygen atoms in total. The number of nitrogens with one attached hydrogen (secondary N) is 2. The zero-order valence-electron chi connectivity index (χ0n) is 11.5. The van der Waals surface area contributed by atoms with Crippen molar-refractivity contribution in [3.63, 3.8) is 0 Å². The van der Waals surface area contributed by atoms with Crippen LogP contribution in [0.4, 0.5) is 0 Å². The molecule has 108 valence electrons. The van der Waals surface area contributed by atoms with E-state index >= 15 is 0 Å². The lowest BCUT2D eigenvalue weighted by atomic mass is 10.2. The fourth-order valence-electron chi connectivity index (χ4n) is 2.39. The minimum absolute atomic E-state index is 0.191. The smallest absolute Gasteiger partial charge is 0.260 e. The maximum atomic E-state index is 12.6. The number of hydrogen-bond acceptors (Lipinski definition) is 4. The first-order valence-corrected chi connectivity index (χ1v) is 8.23. The zero-order chi connectivity index (χ0) is 13.9. The second kappa shape index (κ2) is 6.02. The highest BCUT2D eigenvalue weighted by Crippen LogP contribution is 2.16. The van der Waals surface area contributed by atoms with Crippen LogP contribution in [0.1, 0.15) is 32.0 Å². The average Bonchev–Trinajstić information content (AvgIpc) is 3.00. The normalized spacial score (nSPS) is 20.3. The molecule has 1 aromatic rings. The Morgan fingerprint density at radius 3 is 2.84 bits per heavy atom. The van der Waals surface area contributed by atoms with Crippen molar-refractivity contribution in [2.75, 3.05) is 19.6 Å². The molecule has 0 saturated carbocycles. The minimum Gasteiger partial charge on any atom is -0.332 e. The predicted molar refractivity (Wildman–Crippen MR) is 73.4 cm³/mol. The molecule has 1 fully saturated rings. The molecule has 7 heteroatoms. The van der Waals surface area contributed by atoms with Crippen LogP contribution in [0.15, 0.2) is 11.2 Å². The maximum Gasteiger partial charge on any atom is 0.260 e. The second-order valence-corrected chi connectivity index (χ2v) is 6.90. The van der Waals surface area contributed by atoms with Gasteiger partial charge in [-0.3, -0.25) is 0 Å². The fraction of sp³-hybridized carbons (Fsp3) is 0.750. The van der Waals surface area contributed by atoms with Crippen LogP contribution >= 0.6 is 0 Å². The van der Waals surface area contributed by atoms with Crippen LogP contribution in [0.25, 0.3) is 0 Å². The SMILES string of the molecule is CCCN(CC1CCCN1)S(=O)(=O)c1cnc(C)[nH]1. The van der Waals surface area contributed by atoms with Crippen LogP contribution in [0.3, 0.4) is 0 Å². The molecule has 0 spiro atoms. The van der Waals surface area contributed by atoms with Gasteiger partial charge in [0.1, 0.15) is 5.82 Å². The Labute approximate surface area is 114 Å². The summed E-state index contributed by atoms with van der Waals surface area (Å²) in [5.74, 6) is 0.619. The van der Waals surface area contributed by atoms with E-state index in [-0.39, 0.29) is 11.1 Å². The molecule has 0 radical (unpaired) electrons. The summed E-state index contributed by atoms with van der Waals surface area (Å²) in [5, 5.41) is 3.53. The van der Waals surface area contributed by atoms with Gasteiger partial charge in [0.25, 0.3) is 10.0 Å². The number of aryl methyl sites for hydroxylation is 1. The Bertz CT molecular complexity index is 506. The third-order valence-electron chi connectivity index (χ3n) is 3.36. The number of rotatable bonds is 6. The fourth-order valence-corrected chi connectivity index (χ4v) is 3.93. The van der Waals surface area contributed by atoms with E-state index in [0.29, 0.717) is 18.9 Å². The highest BCUT2D eigenvalue weighted by Gasteiger charge is 2.28. The van der Waals surface area contributed by atoms with Gasteiger partial charge < -0.3 is 10.3 Å². The Balaban J connectivity index is 2.16. The lowest BCUT2D eigenvalue weighted by Crippen LogP contribution is -2.41. The van der Waals surface area contributed by atoms with E-state index in [1.165, 1.54) is 6.20 Å². The van der Waals surface area contributed by atoms with Gasteiger partial charge in [-0.2, -0.15) is 4.31 Å². The maximum absolute atomic E-state index is 12.6. The summed E-state index contributed by atoms with van der Waals surface area (Å²) >= 11 is 0. The molecule has 2 rings (SSSR count). The summed E-state index contributed by atoms with van der Waals surface area (Å²) < 4.78 is 26.7. The first kappa shape index (κ1) is 14.5. The van der Waals surface area contributed by atoms with E-state index in [1.807, 2.05) is 6.92 Å². The number of imidazole rings is 1. The van der Waals surface area contributed by atoms with Crippen LogP contribution in [0, 0.1) is 6.92 Å². The molecule has 0 amide bonds. The summed E-state index contributed by atoms with van der Waals surface area (Å²) in [6.07, 6.45) is 4.36. The van der Waals surface area contributed by atoms with Gasteiger partial charge in [-0.15, -0.1) is 0 Å². The molecular formula is C12H22N4O2S. The van der Waals surface area contributed by atoms with Gasteiger partial charge in [-0.1, -0.05) is 6.92 Å². The van der Waals surface area contributed by atoms with Crippen molar-refractivity contribution in [2.24, 2.45) is 0 Å². The molecule has 1 unspecified atom stereocenters. The molecule has 0 bridgehead atoms. The van der Waals surface area contributed by atoms with Crippen LogP contribution < -0.4 is 5.32 Å². The second-order valence-electron chi connectivity index (χ2n) is 4.99. The highest BCUT2D eigenvalue weighted by atomic mass is 32.2. The number of aromatic amines is 1. The van der Waals surface area contributed by atoms with Crippen molar-refractivity contribution in [3.8, 4) is 0 Å². The number of hydrogen-bond donors (Lipinski definition) is 2. The first-order chi connectivity index (χ1) is 9.04. The van der Waals surface area contributed by atoms with E-state index in [4.69, 9.17) is 0 Å². The van der Waals surface area contributed by atoms with Gasteiger partial charge in [0.05, 0.1) is 6.20 Å². The topological polar surface area (TPSA) is 78.1 Å². The third kappa shape index (κ3) is 3.34. The molecule has 1 saturated heterocycles. The van der Waals surface area contributed by atoms with Gasteiger partial charge in [0.15, 0.2) is 5.03 Å². The molecule has 1 aliphatic heterocycles. The van der Waals surface area contributed by atoms with Gasteiger partial charge in [0.2, 0.25) is 0 Å². The molecule has 2 N–H and O–H groups in total. The van der Waals surface area contributed by atoms with Gasteiger partial charge in [-0.05, 0) is 32.7 Å². The zero-order valence-corrected chi connectivity index (χ0v) is 12.3. The molecule has 0 aliphatic carbocycles. The van der Waals surface area contributed by atoms with Gasteiger partial charge in [-0.25, -0.2) is 13.4 Å². The minimum atomic E-state index is -3.45. The Kier molecular flexibility index (Phi) is 4.59. The molecule has 19 heavy (non-hydrogen) atoms. The van der Waals surface area contributed by atoms with E-state index in [2.05, 4.69) is 15.3 Å². The van der Waals surface area contributed by atoms with Crippen LogP contribution in [0.2, 0.25) is 0 Å². The van der Waals surface area contributed by atoms with Crippen molar-refractivity contribution >= 4 is 10.0 Å². The number of H-pyrrole nitrogens is 1. The molecule has 1 aromatic heterocycles. The number of nitrogens with zero attached hydrogens (tertiary/aromatic N) is 2. The van der Waals surface area contributed by atoms with E-state index in [0.717, 1.165) is 25.8 Å². The summed E-state index contributed by atoms with van der Waals surface area (Å²) in [5.41, 5.74) is 0. The predicted octanol–water partition coefficient (Wildman–Crippen LogP) is 0.871. The summed E-state index contributed by atoms with van der Waals surface area (Å²) in [7, 11) is -3.45. The monoisotopic (exact) mass is 286 g/mol.